The Morgan fingerprint density at radius 2 is 1.97 bits per heavy atom. The fourth-order valence-electron chi connectivity index (χ4n) is 4.73. The largest absolute Gasteiger partial charge is 0.333 e. The topological polar surface area (TPSA) is 53.5 Å². The maximum absolute atomic E-state index is 13.4. The highest BCUT2D eigenvalue weighted by molar-refractivity contribution is 7.18. The van der Waals surface area contributed by atoms with Gasteiger partial charge in [-0.05, 0) is 43.0 Å². The molecule has 5 nitrogen and oxygen atoms in total. The van der Waals surface area contributed by atoms with Crippen molar-refractivity contribution in [3.05, 3.63) is 59.1 Å². The van der Waals surface area contributed by atoms with E-state index < -0.39 is 0 Å². The summed E-state index contributed by atoms with van der Waals surface area (Å²) in [6, 6.07) is 16.2. The van der Waals surface area contributed by atoms with E-state index in [1.54, 1.807) is 11.3 Å². The number of fused-ring (bicyclic) bond motifs is 1. The summed E-state index contributed by atoms with van der Waals surface area (Å²) >= 11 is 1.68. The Bertz CT molecular complexity index is 1080. The number of aryl methyl sites for hydroxylation is 1. The van der Waals surface area contributed by atoms with Gasteiger partial charge in [0.1, 0.15) is 5.01 Å². The van der Waals surface area contributed by atoms with Gasteiger partial charge in [0.05, 0.1) is 22.2 Å². The zero-order valence-corrected chi connectivity index (χ0v) is 17.9. The van der Waals surface area contributed by atoms with Crippen LogP contribution >= 0.6 is 11.3 Å². The molecule has 6 heteroatoms. The maximum Gasteiger partial charge on any atom is 0.228 e. The average molecular weight is 420 g/mol. The number of para-hydroxylation sites is 2. The minimum atomic E-state index is -0.280. The zero-order chi connectivity index (χ0) is 20.7. The van der Waals surface area contributed by atoms with Crippen molar-refractivity contribution in [2.75, 3.05) is 18.0 Å². The van der Waals surface area contributed by atoms with Gasteiger partial charge in [0.25, 0.3) is 0 Å². The standard InChI is InChI=1S/C24H25N3O2S/c1-2-16-8-3-5-10-19(16)27-15-17(14-22(27)28)24(29)26-13-7-11-20(26)23-25-18-9-4-6-12-21(18)30-23/h3-6,8-10,12,17,20H,2,7,11,13-15H2,1H3/t17-,20-/m1/s1. The molecule has 2 aliphatic rings. The van der Waals surface area contributed by atoms with Gasteiger partial charge in [0.2, 0.25) is 11.8 Å². The van der Waals surface area contributed by atoms with Gasteiger partial charge in [-0.3, -0.25) is 9.59 Å². The van der Waals surface area contributed by atoms with Crippen molar-refractivity contribution in [2.45, 2.75) is 38.6 Å². The second-order valence-corrected chi connectivity index (χ2v) is 9.16. The monoisotopic (exact) mass is 419 g/mol. The minimum Gasteiger partial charge on any atom is -0.333 e. The van der Waals surface area contributed by atoms with Gasteiger partial charge in [-0.25, -0.2) is 4.98 Å². The van der Waals surface area contributed by atoms with E-state index in [0.717, 1.165) is 52.3 Å². The summed E-state index contributed by atoms with van der Waals surface area (Å²) in [6.07, 6.45) is 3.08. The van der Waals surface area contributed by atoms with Crippen LogP contribution in [-0.4, -0.2) is 34.8 Å². The number of aromatic nitrogens is 1. The minimum absolute atomic E-state index is 0.0296. The smallest absolute Gasteiger partial charge is 0.228 e. The molecule has 2 aliphatic heterocycles. The summed E-state index contributed by atoms with van der Waals surface area (Å²) in [5.74, 6) is -0.135. The molecule has 0 radical (unpaired) electrons. The number of benzene rings is 2. The number of hydrogen-bond acceptors (Lipinski definition) is 4. The summed E-state index contributed by atoms with van der Waals surface area (Å²) < 4.78 is 1.16. The highest BCUT2D eigenvalue weighted by Gasteiger charge is 2.41. The third-order valence-corrected chi connectivity index (χ3v) is 7.41. The van der Waals surface area contributed by atoms with Crippen LogP contribution in [0.4, 0.5) is 5.69 Å². The van der Waals surface area contributed by atoms with Crippen LogP contribution in [0.5, 0.6) is 0 Å². The number of thiazole rings is 1. The van der Waals surface area contributed by atoms with E-state index in [2.05, 4.69) is 19.1 Å². The van der Waals surface area contributed by atoms with E-state index in [0.29, 0.717) is 13.0 Å². The van der Waals surface area contributed by atoms with Gasteiger partial charge in [-0.1, -0.05) is 37.3 Å². The molecule has 154 valence electrons. The third-order valence-electron chi connectivity index (χ3n) is 6.27. The molecule has 0 spiro atoms. The van der Waals surface area contributed by atoms with Crippen molar-refractivity contribution >= 4 is 39.1 Å². The second-order valence-electron chi connectivity index (χ2n) is 8.10. The molecule has 3 aromatic rings. The number of amides is 2. The Balaban J connectivity index is 1.37. The van der Waals surface area contributed by atoms with Crippen LogP contribution in [0.15, 0.2) is 48.5 Å². The fourth-order valence-corrected chi connectivity index (χ4v) is 5.85. The lowest BCUT2D eigenvalue weighted by molar-refractivity contribution is -0.136. The molecule has 3 heterocycles. The van der Waals surface area contributed by atoms with Gasteiger partial charge in [0.15, 0.2) is 0 Å². The lowest BCUT2D eigenvalue weighted by Gasteiger charge is -2.26. The normalized spacial score (nSPS) is 21.7. The molecular weight excluding hydrogens is 394 g/mol. The molecule has 5 rings (SSSR count). The van der Waals surface area contributed by atoms with Crippen LogP contribution in [0.25, 0.3) is 10.2 Å². The van der Waals surface area contributed by atoms with E-state index >= 15 is 0 Å². The van der Waals surface area contributed by atoms with Gasteiger partial charge in [-0.15, -0.1) is 11.3 Å². The zero-order valence-electron chi connectivity index (χ0n) is 17.1. The Hall–Kier alpha value is -2.73. The number of carbonyl (C=O) groups is 2. The number of hydrogen-bond donors (Lipinski definition) is 0. The number of nitrogens with zero attached hydrogens (tertiary/aromatic N) is 3. The lowest BCUT2D eigenvalue weighted by atomic mass is 10.1. The molecule has 2 saturated heterocycles. The predicted molar refractivity (Wildman–Crippen MR) is 120 cm³/mol. The maximum atomic E-state index is 13.4. The van der Waals surface area contributed by atoms with Gasteiger partial charge >= 0.3 is 0 Å². The van der Waals surface area contributed by atoms with Gasteiger partial charge in [-0.2, -0.15) is 0 Å². The first kappa shape index (κ1) is 19.2. The van der Waals surface area contributed by atoms with Crippen molar-refractivity contribution in [3.8, 4) is 0 Å². The molecule has 2 fully saturated rings. The summed E-state index contributed by atoms with van der Waals surface area (Å²) in [7, 11) is 0. The second kappa shape index (κ2) is 7.84. The first-order valence-electron chi connectivity index (χ1n) is 10.7. The number of rotatable bonds is 4. The molecule has 0 aliphatic carbocycles. The van der Waals surface area contributed by atoms with E-state index in [1.807, 2.05) is 46.2 Å². The Morgan fingerprint density at radius 3 is 2.80 bits per heavy atom. The quantitative estimate of drug-likeness (QED) is 0.622. The molecular formula is C24H25N3O2S. The Morgan fingerprint density at radius 1 is 1.17 bits per heavy atom. The van der Waals surface area contributed by atoms with Crippen LogP contribution in [0.1, 0.15) is 42.8 Å². The molecule has 2 aromatic carbocycles. The molecule has 0 unspecified atom stereocenters. The van der Waals surface area contributed by atoms with E-state index in [4.69, 9.17) is 4.98 Å². The Kier molecular flexibility index (Phi) is 5.03. The number of carbonyl (C=O) groups excluding carboxylic acids is 2. The third kappa shape index (κ3) is 3.29. The molecule has 0 N–H and O–H groups in total. The summed E-state index contributed by atoms with van der Waals surface area (Å²) in [4.78, 5) is 34.8. The Labute approximate surface area is 180 Å². The van der Waals surface area contributed by atoms with Crippen LogP contribution < -0.4 is 4.90 Å². The van der Waals surface area contributed by atoms with E-state index in [1.165, 1.54) is 0 Å². The highest BCUT2D eigenvalue weighted by atomic mass is 32.1. The van der Waals surface area contributed by atoms with Crippen molar-refractivity contribution in [1.82, 2.24) is 9.88 Å². The van der Waals surface area contributed by atoms with Crippen molar-refractivity contribution < 1.29 is 9.59 Å². The molecule has 0 bridgehead atoms. The van der Waals surface area contributed by atoms with Crippen LogP contribution in [0.3, 0.4) is 0 Å². The molecule has 30 heavy (non-hydrogen) atoms. The molecule has 2 amide bonds. The predicted octanol–water partition coefficient (Wildman–Crippen LogP) is 4.58. The van der Waals surface area contributed by atoms with Crippen molar-refractivity contribution in [1.29, 1.82) is 0 Å². The van der Waals surface area contributed by atoms with Gasteiger partial charge in [0, 0.05) is 25.2 Å². The first-order chi connectivity index (χ1) is 14.7. The van der Waals surface area contributed by atoms with Crippen LogP contribution in [0.2, 0.25) is 0 Å². The van der Waals surface area contributed by atoms with Crippen molar-refractivity contribution in [3.63, 3.8) is 0 Å². The SMILES string of the molecule is CCc1ccccc1N1C[C@H](C(=O)N2CCC[C@@H]2c2nc3ccccc3s2)CC1=O. The molecule has 1 aromatic heterocycles. The summed E-state index contributed by atoms with van der Waals surface area (Å²) in [5, 5.41) is 1.01. The van der Waals surface area contributed by atoms with Gasteiger partial charge < -0.3 is 9.80 Å². The van der Waals surface area contributed by atoms with Crippen molar-refractivity contribution in [2.24, 2.45) is 5.92 Å². The summed E-state index contributed by atoms with van der Waals surface area (Å²) in [6.45, 7) is 3.31. The number of anilines is 1. The van der Waals surface area contributed by atoms with E-state index in [-0.39, 0.29) is 23.8 Å². The fraction of sp³-hybridized carbons (Fsp3) is 0.375. The molecule has 0 saturated carbocycles. The van der Waals surface area contributed by atoms with Crippen LogP contribution in [-0.2, 0) is 16.0 Å². The van der Waals surface area contributed by atoms with E-state index in [9.17, 15) is 9.59 Å². The highest BCUT2D eigenvalue weighted by Crippen LogP contribution is 2.38. The molecule has 2 atom stereocenters. The number of likely N-dealkylation sites (tertiary alicyclic amines) is 1. The lowest BCUT2D eigenvalue weighted by Crippen LogP contribution is -2.37. The van der Waals surface area contributed by atoms with Crippen LogP contribution in [0, 0.1) is 5.92 Å². The first-order valence-corrected chi connectivity index (χ1v) is 11.5. The average Bonchev–Trinajstić information content (AvgIpc) is 3.50. The summed E-state index contributed by atoms with van der Waals surface area (Å²) in [5.41, 5.74) is 3.09.